The van der Waals surface area contributed by atoms with E-state index in [-0.39, 0.29) is 36.4 Å². The highest BCUT2D eigenvalue weighted by Gasteiger charge is 2.36. The van der Waals surface area contributed by atoms with Crippen LogP contribution in [-0.2, 0) is 23.8 Å². The van der Waals surface area contributed by atoms with Crippen LogP contribution in [0, 0.1) is 17.3 Å². The molecule has 3 amide bonds. The van der Waals surface area contributed by atoms with Crippen LogP contribution in [0.4, 0.5) is 4.79 Å². The van der Waals surface area contributed by atoms with Gasteiger partial charge in [0, 0.05) is 24.1 Å². The van der Waals surface area contributed by atoms with E-state index in [2.05, 4.69) is 50.2 Å². The number of carbonyl (C=O) groups is 3. The van der Waals surface area contributed by atoms with Crippen molar-refractivity contribution in [1.82, 2.24) is 16.0 Å². The lowest BCUT2D eigenvalue weighted by Crippen LogP contribution is -2.44. The number of hydrogen-bond donors (Lipinski definition) is 3. The summed E-state index contributed by atoms with van der Waals surface area (Å²) in [5, 5.41) is 8.17. The third-order valence-electron chi connectivity index (χ3n) is 5.03. The van der Waals surface area contributed by atoms with Gasteiger partial charge in [0.15, 0.2) is 0 Å². The molecule has 0 fully saturated rings. The van der Waals surface area contributed by atoms with Crippen LogP contribution < -0.4 is 16.0 Å². The predicted molar refractivity (Wildman–Crippen MR) is 124 cm³/mol. The molecule has 0 rings (SSSR count). The average Bonchev–Trinajstić information content (AvgIpc) is 2.71. The van der Waals surface area contributed by atoms with Gasteiger partial charge in [-0.05, 0) is 25.2 Å². The molecule has 0 heterocycles. The minimum Gasteiger partial charge on any atom is -0.460 e. The van der Waals surface area contributed by atoms with Gasteiger partial charge in [-0.25, -0.2) is 9.59 Å². The number of rotatable bonds is 17. The lowest BCUT2D eigenvalue weighted by molar-refractivity contribution is -0.138. The Morgan fingerprint density at radius 2 is 1.34 bits per heavy atom. The second-order valence-corrected chi connectivity index (χ2v) is 8.75. The SMILES string of the molecule is C=C(C)C(=O)OCCNC(=O)NCCOCCOCCNC(=O)C(C)(CC(C)C)C(C)C. The fraction of sp³-hybridized carbons (Fsp3) is 0.783. The van der Waals surface area contributed by atoms with Crippen molar-refractivity contribution in [2.24, 2.45) is 17.3 Å². The van der Waals surface area contributed by atoms with Gasteiger partial charge in [0.25, 0.3) is 0 Å². The van der Waals surface area contributed by atoms with Crippen molar-refractivity contribution in [2.75, 3.05) is 52.7 Å². The van der Waals surface area contributed by atoms with Gasteiger partial charge in [0.05, 0.1) is 33.0 Å². The van der Waals surface area contributed by atoms with Crippen LogP contribution in [0.5, 0.6) is 0 Å². The highest BCUT2D eigenvalue weighted by molar-refractivity contribution is 5.87. The topological polar surface area (TPSA) is 115 Å². The Morgan fingerprint density at radius 1 is 0.844 bits per heavy atom. The first-order valence-corrected chi connectivity index (χ1v) is 11.3. The minimum absolute atomic E-state index is 0.0689. The first kappa shape index (κ1) is 29.9. The molecule has 1 unspecified atom stereocenters. The third kappa shape index (κ3) is 13.3. The molecule has 0 bridgehead atoms. The molecule has 3 N–H and O–H groups in total. The number of carbonyl (C=O) groups excluding carboxylic acids is 3. The first-order valence-electron chi connectivity index (χ1n) is 11.3. The van der Waals surface area contributed by atoms with E-state index in [1.165, 1.54) is 0 Å². The smallest absolute Gasteiger partial charge is 0.333 e. The van der Waals surface area contributed by atoms with Gasteiger partial charge in [0.1, 0.15) is 6.61 Å². The predicted octanol–water partition coefficient (Wildman–Crippen LogP) is 2.26. The first-order chi connectivity index (χ1) is 15.0. The Labute approximate surface area is 193 Å². The summed E-state index contributed by atoms with van der Waals surface area (Å²) in [6.45, 7) is 18.1. The van der Waals surface area contributed by atoms with Crippen molar-refractivity contribution in [2.45, 2.75) is 48.0 Å². The van der Waals surface area contributed by atoms with Crippen LogP contribution in [-0.4, -0.2) is 70.6 Å². The summed E-state index contributed by atoms with van der Waals surface area (Å²) >= 11 is 0. The standard InChI is InChI=1S/C23H43N3O6/c1-17(2)16-23(7,19(5)6)21(28)24-8-11-30-14-15-31-12-9-25-22(29)26-10-13-32-20(27)18(3)4/h17,19H,3,8-16H2,1-2,4-7H3,(H,24,28)(H2,25,26,29). The fourth-order valence-electron chi connectivity index (χ4n) is 2.93. The van der Waals surface area contributed by atoms with Gasteiger partial charge in [-0.1, -0.05) is 41.2 Å². The van der Waals surface area contributed by atoms with Gasteiger partial charge in [0.2, 0.25) is 5.91 Å². The van der Waals surface area contributed by atoms with Crippen LogP contribution in [0.2, 0.25) is 0 Å². The minimum atomic E-state index is -0.481. The molecule has 0 aliphatic carbocycles. The molecular formula is C23H43N3O6. The summed E-state index contributed by atoms with van der Waals surface area (Å²) in [5.74, 6) is 0.298. The lowest BCUT2D eigenvalue weighted by Gasteiger charge is -2.34. The van der Waals surface area contributed by atoms with Crippen molar-refractivity contribution in [3.05, 3.63) is 12.2 Å². The molecule has 0 spiro atoms. The van der Waals surface area contributed by atoms with E-state index in [9.17, 15) is 14.4 Å². The Kier molecular flexibility index (Phi) is 15.4. The average molecular weight is 458 g/mol. The molecule has 9 nitrogen and oxygen atoms in total. The molecule has 0 aromatic carbocycles. The highest BCUT2D eigenvalue weighted by atomic mass is 16.5. The van der Waals surface area contributed by atoms with Crippen molar-refractivity contribution < 1.29 is 28.6 Å². The number of urea groups is 1. The van der Waals surface area contributed by atoms with E-state index in [4.69, 9.17) is 14.2 Å². The van der Waals surface area contributed by atoms with Gasteiger partial charge in [-0.15, -0.1) is 0 Å². The van der Waals surface area contributed by atoms with Crippen LogP contribution in [0.1, 0.15) is 48.0 Å². The number of nitrogens with one attached hydrogen (secondary N) is 3. The van der Waals surface area contributed by atoms with Crippen LogP contribution in [0.15, 0.2) is 12.2 Å². The Balaban J connectivity index is 3.68. The maximum Gasteiger partial charge on any atom is 0.333 e. The second-order valence-electron chi connectivity index (χ2n) is 8.75. The maximum atomic E-state index is 12.6. The molecule has 0 aliphatic rings. The summed E-state index contributed by atoms with van der Waals surface area (Å²) in [6.07, 6.45) is 0.847. The molecule has 186 valence electrons. The molecule has 1 atom stereocenters. The molecule has 32 heavy (non-hydrogen) atoms. The molecule has 0 aromatic rings. The second kappa shape index (κ2) is 16.5. The molecule has 9 heteroatoms. The molecule has 0 aliphatic heterocycles. The van der Waals surface area contributed by atoms with E-state index in [1.54, 1.807) is 6.92 Å². The van der Waals surface area contributed by atoms with Crippen molar-refractivity contribution >= 4 is 17.9 Å². The monoisotopic (exact) mass is 457 g/mol. The Bertz CT molecular complexity index is 594. The molecule has 0 saturated carbocycles. The summed E-state index contributed by atoms with van der Waals surface area (Å²) < 4.78 is 15.7. The zero-order valence-corrected chi connectivity index (χ0v) is 20.7. The number of hydrogen-bond acceptors (Lipinski definition) is 6. The Hall–Kier alpha value is -2.13. The van der Waals surface area contributed by atoms with Crippen molar-refractivity contribution in [3.8, 4) is 0 Å². The summed E-state index contributed by atoms with van der Waals surface area (Å²) in [5.41, 5.74) is -0.0675. The van der Waals surface area contributed by atoms with E-state index in [0.29, 0.717) is 51.0 Å². The van der Waals surface area contributed by atoms with Crippen molar-refractivity contribution in [3.63, 3.8) is 0 Å². The van der Waals surface area contributed by atoms with Crippen LogP contribution in [0.3, 0.4) is 0 Å². The Morgan fingerprint density at radius 3 is 1.81 bits per heavy atom. The van der Waals surface area contributed by atoms with Gasteiger partial charge < -0.3 is 30.2 Å². The normalized spacial score (nSPS) is 12.9. The lowest BCUT2D eigenvalue weighted by atomic mass is 9.72. The van der Waals surface area contributed by atoms with Gasteiger partial charge in [-0.3, -0.25) is 4.79 Å². The molecular weight excluding hydrogens is 414 g/mol. The summed E-state index contributed by atoms with van der Waals surface area (Å²) in [4.78, 5) is 35.3. The number of esters is 1. The van der Waals surface area contributed by atoms with Gasteiger partial charge in [-0.2, -0.15) is 0 Å². The largest absolute Gasteiger partial charge is 0.460 e. The number of ether oxygens (including phenoxy) is 3. The summed E-state index contributed by atoms with van der Waals surface area (Å²) in [7, 11) is 0. The molecule has 0 radical (unpaired) electrons. The fourth-order valence-corrected chi connectivity index (χ4v) is 2.93. The molecule has 0 saturated heterocycles. The van der Waals surface area contributed by atoms with E-state index < -0.39 is 5.97 Å². The zero-order valence-electron chi connectivity index (χ0n) is 20.7. The van der Waals surface area contributed by atoms with Gasteiger partial charge >= 0.3 is 12.0 Å². The van der Waals surface area contributed by atoms with Crippen LogP contribution >= 0.6 is 0 Å². The maximum absolute atomic E-state index is 12.6. The third-order valence-corrected chi connectivity index (χ3v) is 5.03. The highest BCUT2D eigenvalue weighted by Crippen LogP contribution is 2.34. The van der Waals surface area contributed by atoms with Crippen molar-refractivity contribution in [1.29, 1.82) is 0 Å². The zero-order chi connectivity index (χ0) is 24.6. The quantitative estimate of drug-likeness (QED) is 0.175. The van der Waals surface area contributed by atoms with Crippen LogP contribution in [0.25, 0.3) is 0 Å². The number of amides is 3. The van der Waals surface area contributed by atoms with E-state index >= 15 is 0 Å². The summed E-state index contributed by atoms with van der Waals surface area (Å²) in [6, 6.07) is -0.363. The van der Waals surface area contributed by atoms with E-state index in [1.807, 2.05) is 6.92 Å². The van der Waals surface area contributed by atoms with E-state index in [0.717, 1.165) is 6.42 Å². The molecule has 0 aromatic heterocycles.